The fourth-order valence-electron chi connectivity index (χ4n) is 2.79. The molecule has 2 heterocycles. The van der Waals surface area contributed by atoms with E-state index in [1.165, 1.54) is 25.5 Å². The summed E-state index contributed by atoms with van der Waals surface area (Å²) in [6.45, 7) is 0.275. The van der Waals surface area contributed by atoms with Crippen molar-refractivity contribution in [1.29, 1.82) is 0 Å². The van der Waals surface area contributed by atoms with Crippen LogP contribution in [0, 0.1) is 0 Å². The van der Waals surface area contributed by atoms with Crippen LogP contribution in [0.25, 0.3) is 11.0 Å². The number of H-pyrrole nitrogens is 1. The summed E-state index contributed by atoms with van der Waals surface area (Å²) in [5, 5.41) is 2.87. The Labute approximate surface area is 157 Å². The van der Waals surface area contributed by atoms with Gasteiger partial charge in [-0.05, 0) is 37.1 Å². The lowest BCUT2D eigenvalue weighted by molar-refractivity contribution is 0.102. The molecular formula is C17H20Cl2N4O2. The largest absolute Gasteiger partial charge is 0.467 e. The minimum atomic E-state index is -0.216. The Morgan fingerprint density at radius 3 is 2.76 bits per heavy atom. The number of nitrogens with one attached hydrogen (secondary N) is 2. The second kappa shape index (κ2) is 7.91. The number of furan rings is 1. The van der Waals surface area contributed by atoms with Gasteiger partial charge >= 0.3 is 0 Å². The average Bonchev–Trinajstić information content (AvgIpc) is 3.11. The Hall–Kier alpha value is -2.02. The van der Waals surface area contributed by atoms with Crippen LogP contribution in [0.5, 0.6) is 0 Å². The van der Waals surface area contributed by atoms with E-state index in [9.17, 15) is 4.79 Å². The van der Waals surface area contributed by atoms with E-state index in [0.717, 1.165) is 22.5 Å². The quantitative estimate of drug-likeness (QED) is 0.635. The Morgan fingerprint density at radius 2 is 2.12 bits per heavy atom. The summed E-state index contributed by atoms with van der Waals surface area (Å²) < 4.78 is 5.19. The highest BCUT2D eigenvalue weighted by molar-refractivity contribution is 6.04. The van der Waals surface area contributed by atoms with Gasteiger partial charge in [0.15, 0.2) is 0 Å². The van der Waals surface area contributed by atoms with Crippen molar-refractivity contribution >= 4 is 47.4 Å². The van der Waals surface area contributed by atoms with E-state index in [1.807, 2.05) is 18.2 Å². The number of rotatable bonds is 4. The number of halogens is 2. The van der Waals surface area contributed by atoms with Crippen molar-refractivity contribution in [3.63, 3.8) is 0 Å². The van der Waals surface area contributed by atoms with E-state index >= 15 is 0 Å². The zero-order valence-electron chi connectivity index (χ0n) is 13.5. The monoisotopic (exact) mass is 382 g/mol. The summed E-state index contributed by atoms with van der Waals surface area (Å²) >= 11 is 0. The third-order valence-electron chi connectivity index (χ3n) is 4.37. The first-order chi connectivity index (χ1) is 11.2. The summed E-state index contributed by atoms with van der Waals surface area (Å²) in [6, 6.07) is 7.34. The number of anilines is 1. The van der Waals surface area contributed by atoms with Crippen LogP contribution in [0.4, 0.5) is 5.69 Å². The highest BCUT2D eigenvalue weighted by atomic mass is 35.5. The SMILES string of the molecule is Cl.Cl.NCc1cc(C(=O)Nc2ccc3nc(C4CCC4)[nH]c3c2)co1. The number of aromatic nitrogens is 2. The molecule has 25 heavy (non-hydrogen) atoms. The van der Waals surface area contributed by atoms with Gasteiger partial charge in [0.1, 0.15) is 17.8 Å². The molecule has 0 saturated heterocycles. The molecular weight excluding hydrogens is 363 g/mol. The molecule has 1 aromatic carbocycles. The summed E-state index contributed by atoms with van der Waals surface area (Å²) in [7, 11) is 0. The highest BCUT2D eigenvalue weighted by Gasteiger charge is 2.22. The molecule has 1 fully saturated rings. The summed E-state index contributed by atoms with van der Waals surface area (Å²) in [5.74, 6) is 1.98. The Bertz CT molecular complexity index is 871. The molecule has 1 amide bonds. The number of benzene rings is 1. The third kappa shape index (κ3) is 3.81. The number of nitrogens with zero attached hydrogens (tertiary/aromatic N) is 1. The van der Waals surface area contributed by atoms with Gasteiger partial charge in [-0.25, -0.2) is 4.98 Å². The fraction of sp³-hybridized carbons (Fsp3) is 0.294. The number of fused-ring (bicyclic) bond motifs is 1. The number of carbonyl (C=O) groups excluding carboxylic acids is 1. The molecule has 6 nitrogen and oxygen atoms in total. The molecule has 1 aliphatic rings. The van der Waals surface area contributed by atoms with E-state index in [-0.39, 0.29) is 37.3 Å². The number of carbonyl (C=O) groups is 1. The molecule has 4 N–H and O–H groups in total. The lowest BCUT2D eigenvalue weighted by Gasteiger charge is -2.22. The van der Waals surface area contributed by atoms with E-state index in [4.69, 9.17) is 10.2 Å². The van der Waals surface area contributed by atoms with Crippen LogP contribution in [0.1, 0.15) is 47.1 Å². The van der Waals surface area contributed by atoms with Gasteiger partial charge in [0.05, 0.1) is 23.1 Å². The zero-order chi connectivity index (χ0) is 15.8. The maximum absolute atomic E-state index is 12.2. The van der Waals surface area contributed by atoms with Crippen LogP contribution in [-0.2, 0) is 6.54 Å². The molecule has 1 aliphatic carbocycles. The van der Waals surface area contributed by atoms with Crippen molar-refractivity contribution in [2.24, 2.45) is 5.73 Å². The van der Waals surface area contributed by atoms with E-state index in [1.54, 1.807) is 6.07 Å². The second-order valence-corrected chi connectivity index (χ2v) is 5.94. The average molecular weight is 383 g/mol. The number of amides is 1. The fourth-order valence-corrected chi connectivity index (χ4v) is 2.79. The molecule has 0 bridgehead atoms. The molecule has 0 radical (unpaired) electrons. The number of aromatic amines is 1. The number of nitrogens with two attached hydrogens (primary N) is 1. The van der Waals surface area contributed by atoms with Gasteiger partial charge in [-0.15, -0.1) is 24.8 Å². The van der Waals surface area contributed by atoms with Crippen LogP contribution in [-0.4, -0.2) is 15.9 Å². The predicted molar refractivity (Wildman–Crippen MR) is 102 cm³/mol. The first kappa shape index (κ1) is 19.3. The standard InChI is InChI=1S/C17H18N4O2.2ClH/c18-8-13-6-11(9-23-13)17(22)19-12-4-5-14-15(7-12)21-16(20-14)10-2-1-3-10;;/h4-7,9-10H,1-3,8,18H2,(H,19,22)(H,20,21);2*1H. The number of hydrogen-bond donors (Lipinski definition) is 3. The van der Waals surface area contributed by atoms with Crippen molar-refractivity contribution in [2.75, 3.05) is 5.32 Å². The normalized spacial score (nSPS) is 13.6. The van der Waals surface area contributed by atoms with Crippen molar-refractivity contribution in [2.45, 2.75) is 31.7 Å². The topological polar surface area (TPSA) is 96.9 Å². The minimum Gasteiger partial charge on any atom is -0.467 e. The Morgan fingerprint density at radius 1 is 1.32 bits per heavy atom. The summed E-state index contributed by atoms with van der Waals surface area (Å²) in [4.78, 5) is 20.2. The molecule has 1 saturated carbocycles. The van der Waals surface area contributed by atoms with Crippen molar-refractivity contribution in [3.05, 3.63) is 47.7 Å². The molecule has 2 aromatic heterocycles. The summed E-state index contributed by atoms with van der Waals surface area (Å²) in [5.41, 5.74) is 8.54. The molecule has 3 aromatic rings. The Balaban J connectivity index is 0.00000113. The van der Waals surface area contributed by atoms with Gasteiger partial charge < -0.3 is 20.5 Å². The lowest BCUT2D eigenvalue weighted by atomic mass is 9.85. The highest BCUT2D eigenvalue weighted by Crippen LogP contribution is 2.35. The van der Waals surface area contributed by atoms with Crippen molar-refractivity contribution in [3.8, 4) is 0 Å². The molecule has 8 heteroatoms. The van der Waals surface area contributed by atoms with E-state index in [2.05, 4.69) is 15.3 Å². The first-order valence-electron chi connectivity index (χ1n) is 7.81. The van der Waals surface area contributed by atoms with Crippen LogP contribution < -0.4 is 11.1 Å². The Kier molecular flexibility index (Phi) is 6.11. The predicted octanol–water partition coefficient (Wildman–Crippen LogP) is 3.98. The van der Waals surface area contributed by atoms with Crippen LogP contribution in [0.2, 0.25) is 0 Å². The van der Waals surface area contributed by atoms with Gasteiger partial charge in [0.25, 0.3) is 5.91 Å². The molecule has 0 aliphatic heterocycles. The first-order valence-corrected chi connectivity index (χ1v) is 7.81. The maximum Gasteiger partial charge on any atom is 0.258 e. The number of imidazole rings is 1. The van der Waals surface area contributed by atoms with Gasteiger partial charge in [-0.2, -0.15) is 0 Å². The van der Waals surface area contributed by atoms with E-state index < -0.39 is 0 Å². The third-order valence-corrected chi connectivity index (χ3v) is 4.37. The van der Waals surface area contributed by atoms with Gasteiger partial charge in [-0.3, -0.25) is 4.79 Å². The molecule has 0 spiro atoms. The maximum atomic E-state index is 12.2. The molecule has 134 valence electrons. The lowest BCUT2D eigenvalue weighted by Crippen LogP contribution is -2.10. The molecule has 0 atom stereocenters. The number of hydrogen-bond acceptors (Lipinski definition) is 4. The second-order valence-electron chi connectivity index (χ2n) is 5.94. The van der Waals surface area contributed by atoms with Gasteiger partial charge in [0.2, 0.25) is 0 Å². The van der Waals surface area contributed by atoms with Gasteiger partial charge in [0, 0.05) is 11.6 Å². The van der Waals surface area contributed by atoms with Crippen molar-refractivity contribution < 1.29 is 9.21 Å². The van der Waals surface area contributed by atoms with Crippen LogP contribution in [0.15, 0.2) is 34.9 Å². The van der Waals surface area contributed by atoms with Gasteiger partial charge in [-0.1, -0.05) is 6.42 Å². The van der Waals surface area contributed by atoms with Crippen LogP contribution >= 0.6 is 24.8 Å². The van der Waals surface area contributed by atoms with Crippen molar-refractivity contribution in [1.82, 2.24) is 9.97 Å². The minimum absolute atomic E-state index is 0. The summed E-state index contributed by atoms with van der Waals surface area (Å²) in [6.07, 6.45) is 5.10. The van der Waals surface area contributed by atoms with E-state index in [0.29, 0.717) is 17.2 Å². The zero-order valence-corrected chi connectivity index (χ0v) is 15.1. The molecule has 0 unspecified atom stereocenters. The van der Waals surface area contributed by atoms with Crippen LogP contribution in [0.3, 0.4) is 0 Å². The molecule has 4 rings (SSSR count). The smallest absolute Gasteiger partial charge is 0.258 e.